The van der Waals surface area contributed by atoms with E-state index in [-0.39, 0.29) is 39.6 Å². The van der Waals surface area contributed by atoms with Crippen LogP contribution in [0.5, 0.6) is 0 Å². The largest absolute Gasteiger partial charge is 0.481 e. The molecule has 9 heteroatoms. The van der Waals surface area contributed by atoms with E-state index in [0.29, 0.717) is 46.2 Å². The number of allylic oxidation sites excluding steroid dienone is 2. The minimum atomic E-state index is -1.14. The van der Waals surface area contributed by atoms with Crippen molar-refractivity contribution in [3.8, 4) is 11.6 Å². The van der Waals surface area contributed by atoms with Crippen LogP contribution in [0.15, 0.2) is 33.9 Å². The number of carboxylic acids is 1. The van der Waals surface area contributed by atoms with Crippen molar-refractivity contribution in [1.82, 2.24) is 15.2 Å². The summed E-state index contributed by atoms with van der Waals surface area (Å²) in [6, 6.07) is 3.64. The van der Waals surface area contributed by atoms with E-state index in [1.54, 1.807) is 37.3 Å². The molecule has 0 bridgehead atoms. The van der Waals surface area contributed by atoms with E-state index < -0.39 is 17.4 Å². The Bertz CT molecular complexity index is 1760. The number of carbonyl (C=O) groups is 2. The second-order valence-electron chi connectivity index (χ2n) is 19.7. The summed E-state index contributed by atoms with van der Waals surface area (Å²) in [6.45, 7) is 20.5. The van der Waals surface area contributed by atoms with Gasteiger partial charge >= 0.3 is 11.9 Å². The molecule has 0 radical (unpaired) electrons. The van der Waals surface area contributed by atoms with Crippen molar-refractivity contribution in [3.63, 3.8) is 0 Å². The van der Waals surface area contributed by atoms with Gasteiger partial charge in [0.1, 0.15) is 11.8 Å². The fourth-order valence-electron chi connectivity index (χ4n) is 13.1. The molecule has 284 valence electrons. The SMILES string of the molecule is CC(C)C1=C2[C@H]3CC[C@@H]4[C@@]5(C)CC[C@H](OC(=O)CC(C)(C)C(=O)O)C(C)(C)[C@@H]5CC[C@@]4(C)[C@]3(C)CC[C@@]2(Cc2nnc(-c3ccc(Cl)cn3)o2)CC1. The molecule has 4 saturated carbocycles. The van der Waals surface area contributed by atoms with Crippen LogP contribution in [0.3, 0.4) is 0 Å². The van der Waals surface area contributed by atoms with Crippen molar-refractivity contribution in [1.29, 1.82) is 0 Å². The van der Waals surface area contributed by atoms with Crippen molar-refractivity contribution in [2.75, 3.05) is 0 Å². The van der Waals surface area contributed by atoms with E-state index in [4.69, 9.17) is 20.8 Å². The summed E-state index contributed by atoms with van der Waals surface area (Å²) >= 11 is 6.09. The van der Waals surface area contributed by atoms with Crippen LogP contribution in [-0.4, -0.2) is 38.3 Å². The molecule has 4 fully saturated rings. The maximum atomic E-state index is 13.1. The lowest BCUT2D eigenvalue weighted by Crippen LogP contribution is -2.65. The van der Waals surface area contributed by atoms with Gasteiger partial charge in [-0.3, -0.25) is 9.59 Å². The number of rotatable bonds is 8. The van der Waals surface area contributed by atoms with E-state index in [0.717, 1.165) is 44.9 Å². The second-order valence-corrected chi connectivity index (χ2v) is 20.2. The molecule has 7 rings (SSSR count). The maximum Gasteiger partial charge on any atom is 0.309 e. The molecule has 5 aliphatic carbocycles. The van der Waals surface area contributed by atoms with E-state index in [9.17, 15) is 14.7 Å². The Kier molecular flexibility index (Phi) is 9.15. The van der Waals surface area contributed by atoms with Crippen molar-refractivity contribution in [2.24, 2.45) is 56.2 Å². The Balaban J connectivity index is 1.15. The van der Waals surface area contributed by atoms with Gasteiger partial charge in [0.15, 0.2) is 0 Å². The summed E-state index contributed by atoms with van der Waals surface area (Å²) in [6.07, 6.45) is 13.3. The highest BCUT2D eigenvalue weighted by Gasteiger charge is 2.69. The van der Waals surface area contributed by atoms with Crippen LogP contribution >= 0.6 is 11.6 Å². The van der Waals surface area contributed by atoms with Crippen LogP contribution in [0.1, 0.15) is 139 Å². The first-order valence-electron chi connectivity index (χ1n) is 19.9. The summed E-state index contributed by atoms with van der Waals surface area (Å²) in [4.78, 5) is 29.3. The Hall–Kier alpha value is -2.74. The van der Waals surface area contributed by atoms with Crippen LogP contribution < -0.4 is 0 Å². The number of aliphatic carboxylic acids is 1. The third kappa shape index (κ3) is 5.70. The summed E-state index contributed by atoms with van der Waals surface area (Å²) in [5.41, 5.74) is 3.27. The zero-order valence-corrected chi connectivity index (χ0v) is 33.7. The Morgan fingerprint density at radius 2 is 1.71 bits per heavy atom. The van der Waals surface area contributed by atoms with Gasteiger partial charge in [0.05, 0.1) is 16.9 Å². The van der Waals surface area contributed by atoms with Gasteiger partial charge in [-0.1, -0.05) is 71.2 Å². The zero-order valence-electron chi connectivity index (χ0n) is 32.9. The quantitative estimate of drug-likeness (QED) is 0.211. The minimum Gasteiger partial charge on any atom is -0.481 e. The monoisotopic (exact) mass is 733 g/mol. The first kappa shape index (κ1) is 37.6. The van der Waals surface area contributed by atoms with Gasteiger partial charge in [-0.15, -0.1) is 10.2 Å². The van der Waals surface area contributed by atoms with E-state index >= 15 is 0 Å². The highest BCUT2D eigenvalue weighted by atomic mass is 35.5. The molecular weight excluding hydrogens is 674 g/mol. The van der Waals surface area contributed by atoms with Gasteiger partial charge in [0.2, 0.25) is 5.89 Å². The minimum absolute atomic E-state index is 0.0461. The number of nitrogens with zero attached hydrogens (tertiary/aromatic N) is 3. The summed E-state index contributed by atoms with van der Waals surface area (Å²) in [7, 11) is 0. The summed E-state index contributed by atoms with van der Waals surface area (Å²) in [5, 5.41) is 19.2. The molecule has 0 spiro atoms. The Labute approximate surface area is 315 Å². The highest BCUT2D eigenvalue weighted by Crippen LogP contribution is 2.77. The normalized spacial score (nSPS) is 36.8. The fourth-order valence-corrected chi connectivity index (χ4v) is 13.2. The van der Waals surface area contributed by atoms with Crippen molar-refractivity contribution in [2.45, 2.75) is 145 Å². The molecule has 8 atom stereocenters. The standard InChI is InChI=1S/C43H60ClN3O5/c1-25(2)27-14-19-43(22-33-46-47-36(52-33)29-12-10-26(44)24-45-29)21-20-41(8)28(35(27)43)11-13-31-40(7)17-16-32(51-34(48)23-38(3,4)37(49)50)39(5,6)30(40)15-18-42(31,41)9/h10,12,24-25,28,30-32H,11,13-23H2,1-9H3,(H,49,50)/t28-,30+,31-,32+,40+,41-,42-,43-/m1/s1. The average molecular weight is 734 g/mol. The van der Waals surface area contributed by atoms with Crippen LogP contribution in [0.2, 0.25) is 5.02 Å². The average Bonchev–Trinajstić information content (AvgIpc) is 3.68. The topological polar surface area (TPSA) is 115 Å². The number of fused-ring (bicyclic) bond motifs is 7. The highest BCUT2D eigenvalue weighted by molar-refractivity contribution is 6.30. The lowest BCUT2D eigenvalue weighted by Gasteiger charge is -2.72. The van der Waals surface area contributed by atoms with Gasteiger partial charge in [-0.25, -0.2) is 4.98 Å². The molecule has 2 aromatic rings. The number of hydrogen-bond donors (Lipinski definition) is 1. The van der Waals surface area contributed by atoms with Crippen molar-refractivity contribution in [3.05, 3.63) is 40.4 Å². The third-order valence-electron chi connectivity index (χ3n) is 16.1. The number of pyridine rings is 1. The van der Waals surface area contributed by atoms with Crippen LogP contribution in [0.25, 0.3) is 11.6 Å². The molecule has 0 saturated heterocycles. The first-order chi connectivity index (χ1) is 24.3. The number of aromatic nitrogens is 3. The predicted molar refractivity (Wildman–Crippen MR) is 201 cm³/mol. The van der Waals surface area contributed by atoms with E-state index in [1.807, 2.05) is 6.07 Å². The van der Waals surface area contributed by atoms with Gasteiger partial charge in [0.25, 0.3) is 5.89 Å². The van der Waals surface area contributed by atoms with Gasteiger partial charge < -0.3 is 14.3 Å². The molecule has 8 nitrogen and oxygen atoms in total. The van der Waals surface area contributed by atoms with Crippen molar-refractivity contribution < 1.29 is 23.8 Å². The Morgan fingerprint density at radius 1 is 0.962 bits per heavy atom. The number of esters is 1. The lowest BCUT2D eigenvalue weighted by atomic mass is 9.33. The van der Waals surface area contributed by atoms with Crippen LogP contribution in [0.4, 0.5) is 0 Å². The number of carboxylic acid groups (broad SMARTS) is 1. The molecule has 5 aliphatic rings. The van der Waals surface area contributed by atoms with Crippen molar-refractivity contribution >= 4 is 23.5 Å². The molecule has 0 amide bonds. The molecule has 2 aromatic heterocycles. The molecule has 0 aliphatic heterocycles. The summed E-state index contributed by atoms with van der Waals surface area (Å²) in [5.74, 6) is 1.85. The number of ether oxygens (including phenoxy) is 1. The van der Waals surface area contributed by atoms with E-state index in [1.165, 1.54) is 25.7 Å². The molecule has 52 heavy (non-hydrogen) atoms. The van der Waals surface area contributed by atoms with Gasteiger partial charge in [-0.2, -0.15) is 0 Å². The molecule has 0 aromatic carbocycles. The molecular formula is C43H60ClN3O5. The van der Waals surface area contributed by atoms with E-state index in [2.05, 4.69) is 63.6 Å². The second kappa shape index (κ2) is 12.7. The van der Waals surface area contributed by atoms with Crippen LogP contribution in [-0.2, 0) is 20.7 Å². The molecule has 2 heterocycles. The molecule has 0 unspecified atom stereocenters. The first-order valence-corrected chi connectivity index (χ1v) is 20.3. The molecule has 1 N–H and O–H groups in total. The lowest BCUT2D eigenvalue weighted by molar-refractivity contribution is -0.233. The smallest absolute Gasteiger partial charge is 0.309 e. The third-order valence-corrected chi connectivity index (χ3v) is 16.3. The Morgan fingerprint density at radius 3 is 2.38 bits per heavy atom. The number of carbonyl (C=O) groups excluding carboxylic acids is 1. The number of halogens is 1. The fraction of sp³-hybridized carbons (Fsp3) is 0.744. The summed E-state index contributed by atoms with van der Waals surface area (Å²) < 4.78 is 12.5. The van der Waals surface area contributed by atoms with Gasteiger partial charge in [-0.05, 0) is 130 Å². The zero-order chi connectivity index (χ0) is 37.6. The van der Waals surface area contributed by atoms with Gasteiger partial charge in [0, 0.05) is 23.4 Å². The van der Waals surface area contributed by atoms with Crippen LogP contribution in [0, 0.1) is 56.2 Å². The maximum absolute atomic E-state index is 13.1. The predicted octanol–water partition coefficient (Wildman–Crippen LogP) is 10.5. The number of hydrogen-bond acceptors (Lipinski definition) is 7.